The van der Waals surface area contributed by atoms with Gasteiger partial charge in [-0.05, 0) is 6.42 Å². The summed E-state index contributed by atoms with van der Waals surface area (Å²) in [4.78, 5) is 0. The number of hydrogen-bond acceptors (Lipinski definition) is 10. The Kier molecular flexibility index (Phi) is 15.2. The van der Waals surface area contributed by atoms with Crippen LogP contribution >= 0.6 is 0 Å². The SMILES string of the molecule is CCCCCCCCCCCCCC[C@@H]1O[C@H](CO)C(O[C@H]2O[C@H](CO)[C@@H](O)[C@H](O)[C@H]2O)[C@H](O)[C@H]1O. The Morgan fingerprint density at radius 2 is 1.03 bits per heavy atom. The number of hydrogen-bond donors (Lipinski definition) is 7. The van der Waals surface area contributed by atoms with Gasteiger partial charge in [0.25, 0.3) is 0 Å². The van der Waals surface area contributed by atoms with E-state index in [-0.39, 0.29) is 0 Å². The second kappa shape index (κ2) is 17.2. The largest absolute Gasteiger partial charge is 0.394 e. The molecule has 2 aliphatic heterocycles. The lowest BCUT2D eigenvalue weighted by Crippen LogP contribution is -2.64. The van der Waals surface area contributed by atoms with Gasteiger partial charge >= 0.3 is 0 Å². The zero-order valence-corrected chi connectivity index (χ0v) is 21.7. The molecule has 2 saturated heterocycles. The van der Waals surface area contributed by atoms with Gasteiger partial charge in [0.15, 0.2) is 6.29 Å². The summed E-state index contributed by atoms with van der Waals surface area (Å²) in [6, 6.07) is 0. The third-order valence-corrected chi connectivity index (χ3v) is 7.45. The molecule has 0 aromatic heterocycles. The second-order valence-electron chi connectivity index (χ2n) is 10.4. The summed E-state index contributed by atoms with van der Waals surface area (Å²) in [5.41, 5.74) is 0. The number of aliphatic hydroxyl groups excluding tert-OH is 7. The normalized spacial score (nSPS) is 37.3. The van der Waals surface area contributed by atoms with E-state index in [0.29, 0.717) is 6.42 Å². The highest BCUT2D eigenvalue weighted by Crippen LogP contribution is 2.30. The topological polar surface area (TPSA) is 169 Å². The van der Waals surface area contributed by atoms with Crippen LogP contribution in [0.2, 0.25) is 0 Å². The van der Waals surface area contributed by atoms with Gasteiger partial charge in [-0.1, -0.05) is 84.0 Å². The van der Waals surface area contributed by atoms with Gasteiger partial charge in [0.1, 0.15) is 48.8 Å². The monoisotopic (exact) mass is 522 g/mol. The molecule has 2 heterocycles. The maximum atomic E-state index is 10.7. The summed E-state index contributed by atoms with van der Waals surface area (Å²) >= 11 is 0. The highest BCUT2D eigenvalue weighted by molar-refractivity contribution is 4.95. The molecule has 7 N–H and O–H groups in total. The summed E-state index contributed by atoms with van der Waals surface area (Å²) in [5.74, 6) is 0. The van der Waals surface area contributed by atoms with Crippen LogP contribution in [0.4, 0.5) is 0 Å². The molecule has 2 fully saturated rings. The van der Waals surface area contributed by atoms with E-state index in [0.717, 1.165) is 19.3 Å². The van der Waals surface area contributed by atoms with Crippen molar-refractivity contribution in [1.82, 2.24) is 0 Å². The zero-order chi connectivity index (χ0) is 26.5. The molecule has 0 aliphatic carbocycles. The molecule has 2 rings (SSSR count). The average molecular weight is 523 g/mol. The average Bonchev–Trinajstić information content (AvgIpc) is 2.88. The molecule has 0 amide bonds. The Hall–Kier alpha value is -0.400. The van der Waals surface area contributed by atoms with Crippen LogP contribution in [0.3, 0.4) is 0 Å². The van der Waals surface area contributed by atoms with Crippen molar-refractivity contribution >= 4 is 0 Å². The molecular weight excluding hydrogens is 472 g/mol. The van der Waals surface area contributed by atoms with Crippen molar-refractivity contribution in [3.63, 3.8) is 0 Å². The van der Waals surface area contributed by atoms with E-state index >= 15 is 0 Å². The summed E-state index contributed by atoms with van der Waals surface area (Å²) in [5, 5.41) is 70.5. The van der Waals surface area contributed by atoms with Crippen molar-refractivity contribution in [3.05, 3.63) is 0 Å². The van der Waals surface area contributed by atoms with E-state index < -0.39 is 74.4 Å². The molecular formula is C26H50O10. The van der Waals surface area contributed by atoms with Crippen molar-refractivity contribution in [2.45, 2.75) is 152 Å². The first kappa shape index (κ1) is 31.8. The molecule has 0 saturated carbocycles. The van der Waals surface area contributed by atoms with Gasteiger partial charge in [0.05, 0.1) is 19.3 Å². The van der Waals surface area contributed by atoms with E-state index in [4.69, 9.17) is 14.2 Å². The van der Waals surface area contributed by atoms with E-state index in [9.17, 15) is 35.7 Å². The first-order valence-electron chi connectivity index (χ1n) is 13.9. The Morgan fingerprint density at radius 3 is 1.56 bits per heavy atom. The van der Waals surface area contributed by atoms with Crippen molar-refractivity contribution in [2.24, 2.45) is 0 Å². The first-order chi connectivity index (χ1) is 17.3. The summed E-state index contributed by atoms with van der Waals surface area (Å²) in [6.07, 6.45) is 1.94. The Balaban J connectivity index is 1.71. The Morgan fingerprint density at radius 1 is 0.528 bits per heavy atom. The fraction of sp³-hybridized carbons (Fsp3) is 1.00. The van der Waals surface area contributed by atoms with E-state index in [2.05, 4.69) is 6.92 Å². The molecule has 1 unspecified atom stereocenters. The standard InChI is InChI=1S/C26H50O10/c1-2-3-4-5-6-7-8-9-10-11-12-13-14-17-20(29)23(32)25(19(16-28)34-17)36-26-24(33)22(31)21(30)18(15-27)35-26/h17-33H,2-16H2,1H3/t17-,18+,19+,20-,21+,22-,23+,24+,25?,26+/m0/s1. The predicted octanol–water partition coefficient (Wildman–Crippen LogP) is 0.744. The fourth-order valence-corrected chi connectivity index (χ4v) is 5.09. The maximum Gasteiger partial charge on any atom is 0.187 e. The van der Waals surface area contributed by atoms with Crippen LogP contribution in [-0.4, -0.2) is 110 Å². The molecule has 10 nitrogen and oxygen atoms in total. The van der Waals surface area contributed by atoms with Gasteiger partial charge in [-0.2, -0.15) is 0 Å². The molecule has 10 atom stereocenters. The smallest absolute Gasteiger partial charge is 0.187 e. The highest BCUT2D eigenvalue weighted by atomic mass is 16.7. The van der Waals surface area contributed by atoms with Gasteiger partial charge in [0, 0.05) is 0 Å². The number of rotatable bonds is 17. The third-order valence-electron chi connectivity index (χ3n) is 7.45. The van der Waals surface area contributed by atoms with E-state index in [1.807, 2.05) is 0 Å². The quantitative estimate of drug-likeness (QED) is 0.135. The summed E-state index contributed by atoms with van der Waals surface area (Å²) in [7, 11) is 0. The summed E-state index contributed by atoms with van der Waals surface area (Å²) in [6.45, 7) is 1.11. The Bertz CT molecular complexity index is 563. The van der Waals surface area contributed by atoms with Crippen LogP contribution in [0, 0.1) is 0 Å². The first-order valence-corrected chi connectivity index (χ1v) is 13.9. The van der Waals surface area contributed by atoms with Crippen molar-refractivity contribution < 1.29 is 50.0 Å². The Labute approximate surface area is 215 Å². The predicted molar refractivity (Wildman–Crippen MR) is 132 cm³/mol. The van der Waals surface area contributed by atoms with Gasteiger partial charge in [-0.3, -0.25) is 0 Å². The lowest BCUT2D eigenvalue weighted by Gasteiger charge is -2.46. The fourth-order valence-electron chi connectivity index (χ4n) is 5.09. The van der Waals surface area contributed by atoms with Crippen LogP contribution < -0.4 is 0 Å². The molecule has 214 valence electrons. The molecule has 0 radical (unpaired) electrons. The van der Waals surface area contributed by atoms with E-state index in [1.54, 1.807) is 0 Å². The molecule has 0 aromatic rings. The van der Waals surface area contributed by atoms with Gasteiger partial charge in [0.2, 0.25) is 0 Å². The number of aliphatic hydroxyl groups is 7. The van der Waals surface area contributed by atoms with E-state index in [1.165, 1.54) is 57.8 Å². The van der Waals surface area contributed by atoms with Crippen molar-refractivity contribution in [3.8, 4) is 0 Å². The van der Waals surface area contributed by atoms with Crippen molar-refractivity contribution in [2.75, 3.05) is 13.2 Å². The zero-order valence-electron chi connectivity index (χ0n) is 21.7. The van der Waals surface area contributed by atoms with Crippen LogP contribution in [0.15, 0.2) is 0 Å². The minimum absolute atomic E-state index is 0.499. The maximum absolute atomic E-state index is 10.7. The van der Waals surface area contributed by atoms with Gasteiger partial charge < -0.3 is 50.0 Å². The van der Waals surface area contributed by atoms with Crippen molar-refractivity contribution in [1.29, 1.82) is 0 Å². The lowest BCUT2D eigenvalue weighted by atomic mass is 9.91. The molecule has 2 aliphatic rings. The minimum Gasteiger partial charge on any atom is -0.394 e. The van der Waals surface area contributed by atoms with Crippen LogP contribution in [-0.2, 0) is 14.2 Å². The second-order valence-corrected chi connectivity index (χ2v) is 10.4. The molecule has 10 heteroatoms. The van der Waals surface area contributed by atoms with Crippen LogP contribution in [0.5, 0.6) is 0 Å². The molecule has 0 aromatic carbocycles. The minimum atomic E-state index is -1.66. The summed E-state index contributed by atoms with van der Waals surface area (Å²) < 4.78 is 16.7. The van der Waals surface area contributed by atoms with Gasteiger partial charge in [-0.15, -0.1) is 0 Å². The molecule has 36 heavy (non-hydrogen) atoms. The number of unbranched alkanes of at least 4 members (excludes halogenated alkanes) is 11. The van der Waals surface area contributed by atoms with Gasteiger partial charge in [-0.25, -0.2) is 0 Å². The lowest BCUT2D eigenvalue weighted by molar-refractivity contribution is -0.342. The van der Waals surface area contributed by atoms with Crippen LogP contribution in [0.1, 0.15) is 90.4 Å². The number of ether oxygens (including phenoxy) is 3. The molecule has 0 bridgehead atoms. The third kappa shape index (κ3) is 9.41. The van der Waals surface area contributed by atoms with Crippen LogP contribution in [0.25, 0.3) is 0 Å². The highest BCUT2D eigenvalue weighted by Gasteiger charge is 2.50. The molecule has 0 spiro atoms.